The minimum atomic E-state index is -2.91. The third-order valence-electron chi connectivity index (χ3n) is 3.59. The molecule has 0 atom stereocenters. The van der Waals surface area contributed by atoms with Crippen LogP contribution in [0.5, 0.6) is 0 Å². The van der Waals surface area contributed by atoms with Crippen LogP contribution in [0.15, 0.2) is 24.3 Å². The van der Waals surface area contributed by atoms with E-state index in [9.17, 15) is 14.4 Å². The van der Waals surface area contributed by atoms with Gasteiger partial charge in [-0.2, -0.15) is 0 Å². The number of ether oxygens (including phenoxy) is 1. The molecule has 0 unspecified atom stereocenters. The van der Waals surface area contributed by atoms with Crippen LogP contribution in [0.4, 0.5) is 0 Å². The Morgan fingerprint density at radius 2 is 1.62 bits per heavy atom. The Morgan fingerprint density at radius 3 is 2.12 bits per heavy atom. The fourth-order valence-corrected chi connectivity index (χ4v) is 3.06. The smallest absolute Gasteiger partial charge is 0.329 e. The normalized spacial score (nSPS) is 11.9. The molecule has 0 bridgehead atoms. The molecule has 0 aliphatic heterocycles. The summed E-state index contributed by atoms with van der Waals surface area (Å²) in [6.07, 6.45) is 2.52. The SMILES string of the molecule is C.CC(C)(C)C(=O)c1ccc(CCCOCCC[Si](C)(O)O)cc1. The van der Waals surface area contributed by atoms with Crippen LogP contribution in [0.25, 0.3) is 0 Å². The van der Waals surface area contributed by atoms with Crippen LogP contribution in [0, 0.1) is 5.41 Å². The lowest BCUT2D eigenvalue weighted by Gasteiger charge is -2.16. The zero-order valence-corrected chi connectivity index (χ0v) is 15.8. The molecule has 0 aliphatic carbocycles. The molecular weight excluding hydrogens is 320 g/mol. The molecule has 0 aromatic heterocycles. The fraction of sp³-hybridized carbons (Fsp3) is 0.632. The first-order valence-electron chi connectivity index (χ1n) is 8.26. The Labute approximate surface area is 148 Å². The molecule has 138 valence electrons. The molecule has 0 spiro atoms. The van der Waals surface area contributed by atoms with Crippen molar-refractivity contribution in [2.75, 3.05) is 13.2 Å². The second kappa shape index (κ2) is 10.1. The Morgan fingerprint density at radius 1 is 1.08 bits per heavy atom. The van der Waals surface area contributed by atoms with E-state index in [4.69, 9.17) is 4.74 Å². The van der Waals surface area contributed by atoms with Gasteiger partial charge in [-0.3, -0.25) is 4.79 Å². The minimum absolute atomic E-state index is 0. The molecule has 0 radical (unpaired) electrons. The Hall–Kier alpha value is -1.01. The van der Waals surface area contributed by atoms with E-state index in [1.54, 1.807) is 0 Å². The molecule has 0 heterocycles. The van der Waals surface area contributed by atoms with Gasteiger partial charge < -0.3 is 14.3 Å². The summed E-state index contributed by atoms with van der Waals surface area (Å²) in [5, 5.41) is 0. The molecule has 0 amide bonds. The van der Waals surface area contributed by atoms with Gasteiger partial charge in [0.1, 0.15) is 0 Å². The maximum Gasteiger partial charge on any atom is 0.329 e. The molecule has 5 heteroatoms. The number of Topliss-reactive ketones (excluding diaryl/α,β-unsaturated/α-hetero) is 1. The standard InChI is InChI=1S/C18H30O4Si.CH4/c1-18(2,3)17(19)16-10-8-15(9-11-16)7-5-12-22-13-6-14-23(4,20)21;/h8-11,20-21H,5-7,12-14H2,1-4H3;1H4. The highest BCUT2D eigenvalue weighted by molar-refractivity contribution is 6.63. The molecule has 24 heavy (non-hydrogen) atoms. The highest BCUT2D eigenvalue weighted by Crippen LogP contribution is 2.21. The number of aryl methyl sites for hydroxylation is 1. The third-order valence-corrected chi connectivity index (χ3v) is 4.89. The molecule has 0 aliphatic rings. The van der Waals surface area contributed by atoms with Gasteiger partial charge in [-0.05, 0) is 37.4 Å². The summed E-state index contributed by atoms with van der Waals surface area (Å²) in [5.41, 5.74) is 1.61. The molecule has 0 fully saturated rings. The van der Waals surface area contributed by atoms with Crippen LogP contribution in [0.3, 0.4) is 0 Å². The average Bonchev–Trinajstić information content (AvgIpc) is 2.44. The summed E-state index contributed by atoms with van der Waals surface area (Å²) in [6, 6.07) is 8.27. The predicted octanol–water partition coefficient (Wildman–Crippen LogP) is 3.95. The molecule has 1 rings (SSSR count). The topological polar surface area (TPSA) is 66.8 Å². The van der Waals surface area contributed by atoms with Crippen molar-refractivity contribution < 1.29 is 19.1 Å². The lowest BCUT2D eigenvalue weighted by molar-refractivity contribution is 0.0858. The van der Waals surface area contributed by atoms with Crippen LogP contribution in [0.1, 0.15) is 57.0 Å². The maximum atomic E-state index is 12.2. The van der Waals surface area contributed by atoms with Gasteiger partial charge in [-0.15, -0.1) is 0 Å². The van der Waals surface area contributed by atoms with Gasteiger partial charge in [0.05, 0.1) is 0 Å². The zero-order chi connectivity index (χ0) is 17.5. The first-order chi connectivity index (χ1) is 10.6. The summed E-state index contributed by atoms with van der Waals surface area (Å²) in [4.78, 5) is 30.7. The number of rotatable bonds is 9. The summed E-state index contributed by atoms with van der Waals surface area (Å²) in [6.45, 7) is 8.54. The molecule has 0 saturated heterocycles. The number of hydrogen-bond donors (Lipinski definition) is 2. The number of benzene rings is 1. The van der Waals surface area contributed by atoms with Gasteiger partial charge >= 0.3 is 8.56 Å². The van der Waals surface area contributed by atoms with E-state index in [1.807, 2.05) is 45.0 Å². The molecule has 2 N–H and O–H groups in total. The Bertz CT molecular complexity index is 484. The van der Waals surface area contributed by atoms with Gasteiger partial charge in [0.15, 0.2) is 5.78 Å². The Kier molecular flexibility index (Phi) is 9.66. The van der Waals surface area contributed by atoms with E-state index in [0.29, 0.717) is 25.7 Å². The van der Waals surface area contributed by atoms with E-state index in [2.05, 4.69) is 0 Å². The lowest BCUT2D eigenvalue weighted by Crippen LogP contribution is -2.29. The second-order valence-corrected chi connectivity index (χ2v) is 10.2. The van der Waals surface area contributed by atoms with Crippen LogP contribution in [0.2, 0.25) is 12.6 Å². The molecule has 1 aromatic carbocycles. The van der Waals surface area contributed by atoms with Gasteiger partial charge in [0.25, 0.3) is 0 Å². The zero-order valence-electron chi connectivity index (χ0n) is 14.8. The first-order valence-corrected chi connectivity index (χ1v) is 10.9. The highest BCUT2D eigenvalue weighted by Gasteiger charge is 2.22. The van der Waals surface area contributed by atoms with E-state index in [1.165, 1.54) is 12.1 Å². The lowest BCUT2D eigenvalue weighted by atomic mass is 9.86. The summed E-state index contributed by atoms with van der Waals surface area (Å²) < 4.78 is 5.50. The Balaban J connectivity index is 0.00000529. The molecule has 4 nitrogen and oxygen atoms in total. The predicted molar refractivity (Wildman–Crippen MR) is 102 cm³/mol. The van der Waals surface area contributed by atoms with Crippen molar-refractivity contribution in [2.45, 2.75) is 60.1 Å². The summed E-state index contributed by atoms with van der Waals surface area (Å²) in [7, 11) is -2.91. The molecule has 1 aromatic rings. The molecule has 0 saturated carbocycles. The largest absolute Gasteiger partial charge is 0.411 e. The van der Waals surface area contributed by atoms with Crippen molar-refractivity contribution in [2.24, 2.45) is 5.41 Å². The quantitative estimate of drug-likeness (QED) is 0.400. The van der Waals surface area contributed by atoms with Crippen LogP contribution < -0.4 is 0 Å². The number of hydrogen-bond acceptors (Lipinski definition) is 4. The first kappa shape index (κ1) is 23.0. The fourth-order valence-electron chi connectivity index (χ4n) is 2.25. The number of carbonyl (C=O) groups excluding carboxylic acids is 1. The van der Waals surface area contributed by atoms with Crippen molar-refractivity contribution in [1.82, 2.24) is 0 Å². The number of carbonyl (C=O) groups is 1. The van der Waals surface area contributed by atoms with E-state index in [0.717, 1.165) is 18.4 Å². The highest BCUT2D eigenvalue weighted by atomic mass is 28.4. The van der Waals surface area contributed by atoms with Crippen LogP contribution in [-0.4, -0.2) is 37.1 Å². The van der Waals surface area contributed by atoms with Crippen LogP contribution >= 0.6 is 0 Å². The maximum absolute atomic E-state index is 12.2. The average molecular weight is 355 g/mol. The van der Waals surface area contributed by atoms with Gasteiger partial charge in [-0.1, -0.05) is 52.5 Å². The van der Waals surface area contributed by atoms with E-state index < -0.39 is 8.56 Å². The monoisotopic (exact) mass is 354 g/mol. The number of ketones is 1. The van der Waals surface area contributed by atoms with Gasteiger partial charge in [-0.25, -0.2) is 0 Å². The van der Waals surface area contributed by atoms with Crippen molar-refractivity contribution in [3.63, 3.8) is 0 Å². The van der Waals surface area contributed by atoms with E-state index in [-0.39, 0.29) is 18.6 Å². The van der Waals surface area contributed by atoms with Crippen molar-refractivity contribution in [3.05, 3.63) is 35.4 Å². The van der Waals surface area contributed by atoms with Crippen molar-refractivity contribution in [1.29, 1.82) is 0 Å². The van der Waals surface area contributed by atoms with Gasteiger partial charge in [0.2, 0.25) is 0 Å². The minimum Gasteiger partial charge on any atom is -0.411 e. The molecular formula is C19H34O4Si. The second-order valence-electron chi connectivity index (χ2n) is 7.31. The van der Waals surface area contributed by atoms with Crippen LogP contribution in [-0.2, 0) is 11.2 Å². The third kappa shape index (κ3) is 9.32. The summed E-state index contributed by atoms with van der Waals surface area (Å²) >= 11 is 0. The summed E-state index contributed by atoms with van der Waals surface area (Å²) in [5.74, 6) is 0.163. The van der Waals surface area contributed by atoms with Gasteiger partial charge in [0, 0.05) is 24.2 Å². The van der Waals surface area contributed by atoms with Crippen molar-refractivity contribution in [3.8, 4) is 0 Å². The van der Waals surface area contributed by atoms with E-state index >= 15 is 0 Å². The van der Waals surface area contributed by atoms with Crippen molar-refractivity contribution >= 4 is 14.3 Å².